The second kappa shape index (κ2) is 57.2. The minimum Gasteiger partial charge on any atom is -0.476 e. The Morgan fingerprint density at radius 3 is 0.746 bits per heavy atom. The molecule has 0 spiro atoms. The molecule has 24 nitrogen and oxygen atoms in total. The number of aliphatic imine (C=N–C) groups is 12. The topological polar surface area (TPSA) is 223 Å². The molecule has 0 aliphatic carbocycles. The van der Waals surface area contributed by atoms with E-state index in [4.69, 9.17) is 68.2 Å². The molecule has 0 bridgehead atoms. The van der Waals surface area contributed by atoms with Crippen molar-refractivity contribution < 1.29 is 68.2 Å². The Morgan fingerprint density at radius 2 is 0.500 bits per heavy atom. The summed E-state index contributed by atoms with van der Waals surface area (Å²) in [6, 6.07) is 0. The molecule has 12 heterocycles. The summed E-state index contributed by atoms with van der Waals surface area (Å²) in [7, 11) is 6.16. The van der Waals surface area contributed by atoms with Gasteiger partial charge in [0.15, 0.2) is 0 Å². The molecule has 0 aromatic rings. The van der Waals surface area contributed by atoms with Crippen molar-refractivity contribution >= 4 is 69.7 Å². The number of unbranched alkanes of at least 4 members (excludes halogenated alkanes) is 6. The fourth-order valence-corrected chi connectivity index (χ4v) is 12.6. The van der Waals surface area contributed by atoms with Crippen molar-refractivity contribution in [3.63, 3.8) is 0 Å². The standard InChI is InChI=1S/6C15H25N3O/c6*1-3-4-5-6-10-19-15-14(16-12-17-15)13-8-7-9-18(2)11-13/h6*8H,3-7,9-12H2,1-2H3/i2D3,4D2,5D2,6D2;4D2,5D2,6D2;2D3,10D2;2D3,6D2;10D2;6D2. The molecule has 0 amide bonds. The van der Waals surface area contributed by atoms with Crippen molar-refractivity contribution in [1.29, 1.82) is 0 Å². The minimum atomic E-state index is -2.78. The Labute approximate surface area is 729 Å². The summed E-state index contributed by atoms with van der Waals surface area (Å²) < 4.78 is 260. The smallest absolute Gasteiger partial charge is 0.237 e. The summed E-state index contributed by atoms with van der Waals surface area (Å²) in [4.78, 5) is 61.7. The third-order valence-electron chi connectivity index (χ3n) is 18.6. The van der Waals surface area contributed by atoms with Crippen LogP contribution >= 0.6 is 0 Å². The van der Waals surface area contributed by atoms with Crippen LogP contribution in [0.5, 0.6) is 0 Å². The summed E-state index contributed by atoms with van der Waals surface area (Å²) in [5.74, 6) is 1.63. The van der Waals surface area contributed by atoms with Gasteiger partial charge in [0.05, 0.1) is 45.0 Å². The molecule has 12 aliphatic rings. The first-order valence-corrected chi connectivity index (χ1v) is 41.2. The number of rotatable bonds is 36. The Kier molecular flexibility index (Phi) is 29.9. The highest BCUT2D eigenvalue weighted by Gasteiger charge is 2.29. The minimum absolute atomic E-state index is 0.0235. The predicted octanol–water partition coefficient (Wildman–Crippen LogP) is 15.9. The Balaban J connectivity index is 0.000000233. The SMILES string of the molecule is [2H]C([2H])(CC)C([2H])([2H])C([2H])([2H])COC1=NCN=C1C1=CCCN(C)C1.[2H]C([2H])(CCCC)COC1=NCN=C1C1=CCCN(C([2H])([2H])[2H])C1.[2H]C([2H])(CCCC)COC1=NCN=C1C1=CCCN(C)C1.[2H]C([2H])(CCCCC)OC1=NCN=C1C1=CCCN(C([2H])([2H])[2H])C1.[2H]C([2H])(CCCCC)OC1=NCN=C1C1=CCCN(C)C1.[2H]C([2H])([2H])N1CCC=C(C2=NCN=C2OCC([2H])([2H])C([2H])([2H])C([2H])([2H])CC)C1. The first kappa shape index (κ1) is 59.7. The van der Waals surface area contributed by atoms with Gasteiger partial charge < -0.3 is 57.8 Å². The summed E-state index contributed by atoms with van der Waals surface area (Å²) in [6.07, 6.45) is 9.41. The van der Waals surface area contributed by atoms with Crippen LogP contribution in [0.3, 0.4) is 0 Å². The van der Waals surface area contributed by atoms with Gasteiger partial charge in [-0.3, -0.25) is 30.0 Å². The zero-order chi connectivity index (χ0) is 106. The van der Waals surface area contributed by atoms with Crippen molar-refractivity contribution in [3.8, 4) is 0 Å². The van der Waals surface area contributed by atoms with E-state index in [0.29, 0.717) is 131 Å². The van der Waals surface area contributed by atoms with Crippen LogP contribution in [0, 0.1) is 0 Å². The van der Waals surface area contributed by atoms with Gasteiger partial charge in [0, 0.05) is 113 Å². The van der Waals surface area contributed by atoms with Crippen molar-refractivity contribution in [2.45, 2.75) is 234 Å². The quantitative estimate of drug-likeness (QED) is 0.0534. The molecule has 0 atom stereocenters. The molecular weight excluding hydrogens is 1430 g/mol. The van der Waals surface area contributed by atoms with Crippen LogP contribution in [0.25, 0.3) is 0 Å². The molecule has 0 aromatic heterocycles. The number of hydrogen-bond donors (Lipinski definition) is 0. The highest BCUT2D eigenvalue weighted by molar-refractivity contribution is 6.49. The fraction of sp³-hybridized carbons (Fsp3) is 0.733. The lowest BCUT2D eigenvalue weighted by molar-refractivity contribution is 0.297. The normalized spacial score (nSPS) is 25.4. The molecule has 24 heteroatoms. The summed E-state index contributed by atoms with van der Waals surface area (Å²) in [6.45, 7) is 8.70. The van der Waals surface area contributed by atoms with Gasteiger partial charge in [-0.2, -0.15) is 0 Å². The molecule has 0 saturated carbocycles. The molecule has 636 valence electrons. The van der Waals surface area contributed by atoms with Gasteiger partial charge in [-0.25, -0.2) is 30.0 Å². The van der Waals surface area contributed by atoms with E-state index < -0.39 is 98.2 Å². The van der Waals surface area contributed by atoms with E-state index in [0.717, 1.165) is 155 Å². The summed E-state index contributed by atoms with van der Waals surface area (Å²) in [5.41, 5.74) is 8.90. The van der Waals surface area contributed by atoms with Gasteiger partial charge in [-0.15, -0.1) is 0 Å². The lowest BCUT2D eigenvalue weighted by Crippen LogP contribution is -2.31. The maximum Gasteiger partial charge on any atom is 0.237 e. The number of hydrogen-bond acceptors (Lipinski definition) is 24. The van der Waals surface area contributed by atoms with Gasteiger partial charge >= 0.3 is 0 Å². The van der Waals surface area contributed by atoms with Crippen LogP contribution in [0.2, 0.25) is 0 Å². The monoisotopic (exact) mass is 1610 g/mol. The molecule has 12 aliphatic heterocycles. The van der Waals surface area contributed by atoms with Gasteiger partial charge in [-0.05, 0) is 152 Å². The highest BCUT2D eigenvalue weighted by Crippen LogP contribution is 2.22. The van der Waals surface area contributed by atoms with Crippen LogP contribution < -0.4 is 0 Å². The Morgan fingerprint density at radius 1 is 0.263 bits per heavy atom. The lowest BCUT2D eigenvalue weighted by Gasteiger charge is -2.23. The molecule has 0 saturated heterocycles. The van der Waals surface area contributed by atoms with Crippen molar-refractivity contribution in [2.24, 2.45) is 59.9 Å². The van der Waals surface area contributed by atoms with E-state index in [1.54, 1.807) is 0 Å². The Hall–Kier alpha value is -6.96. The van der Waals surface area contributed by atoms with Crippen molar-refractivity contribution in [3.05, 3.63) is 69.9 Å². The Bertz CT molecular complexity index is 4780. The van der Waals surface area contributed by atoms with Gasteiger partial charge in [0.1, 0.15) is 74.3 Å². The highest BCUT2D eigenvalue weighted by atomic mass is 16.5. The summed E-state index contributed by atoms with van der Waals surface area (Å²) in [5, 5.41) is 0. The molecule has 0 fully saturated rings. The number of likely N-dealkylation sites (N-methyl/N-ethyl adjacent to an activating group) is 6. The summed E-state index contributed by atoms with van der Waals surface area (Å²) >= 11 is 0. The van der Waals surface area contributed by atoms with E-state index in [9.17, 15) is 0 Å². The van der Waals surface area contributed by atoms with Crippen molar-refractivity contribution in [2.75, 3.05) is 200 Å². The molecule has 0 aromatic carbocycles. The van der Waals surface area contributed by atoms with Gasteiger partial charge in [0.2, 0.25) is 35.4 Å². The molecule has 0 unspecified atom stereocenters. The van der Waals surface area contributed by atoms with Crippen molar-refractivity contribution in [1.82, 2.24) is 29.4 Å². The number of nitrogens with zero attached hydrogens (tertiary/aromatic N) is 18. The van der Waals surface area contributed by atoms with E-state index in [2.05, 4.69) is 128 Å². The van der Waals surface area contributed by atoms with E-state index in [1.165, 1.54) is 28.5 Å². The third kappa shape index (κ3) is 35.5. The van der Waals surface area contributed by atoms with E-state index >= 15 is 0 Å². The maximum atomic E-state index is 8.01. The number of ether oxygens (including phenoxy) is 6. The van der Waals surface area contributed by atoms with Crippen LogP contribution in [0.4, 0.5) is 0 Å². The first-order valence-electron chi connectivity index (χ1n) is 55.7. The lowest BCUT2D eigenvalue weighted by atomic mass is 10.1. The second-order valence-electron chi connectivity index (χ2n) is 28.2. The largest absolute Gasteiger partial charge is 0.476 e. The first-order chi connectivity index (χ1) is 66.7. The molecule has 12 rings (SSSR count). The average molecular weight is 1610 g/mol. The van der Waals surface area contributed by atoms with Gasteiger partial charge in [-0.1, -0.05) is 193 Å². The maximum absolute atomic E-state index is 8.01. The second-order valence-corrected chi connectivity index (χ2v) is 28.2. The average Bonchev–Trinajstić information content (AvgIpc) is 1.25. The zero-order valence-corrected chi connectivity index (χ0v) is 69.6. The molecule has 114 heavy (non-hydrogen) atoms. The van der Waals surface area contributed by atoms with E-state index in [-0.39, 0.29) is 90.1 Å². The van der Waals surface area contributed by atoms with Crippen LogP contribution in [-0.2, 0) is 28.4 Å². The zero-order valence-electron chi connectivity index (χ0n) is 98.6. The molecular formula is C90H150N18O6. The molecule has 0 radical (unpaired) electrons. The van der Waals surface area contributed by atoms with E-state index in [1.807, 2.05) is 32.2 Å². The van der Waals surface area contributed by atoms with Crippen LogP contribution in [0.15, 0.2) is 130 Å². The van der Waals surface area contributed by atoms with Crippen LogP contribution in [0.1, 0.15) is 274 Å². The predicted molar refractivity (Wildman–Crippen MR) is 480 cm³/mol. The molecule has 0 N–H and O–H groups in total. The van der Waals surface area contributed by atoms with Gasteiger partial charge in [0.25, 0.3) is 0 Å². The van der Waals surface area contributed by atoms with Crippen LogP contribution in [-0.4, -0.2) is 299 Å². The third-order valence-corrected chi connectivity index (χ3v) is 18.6. The fourth-order valence-electron chi connectivity index (χ4n) is 12.6.